The van der Waals surface area contributed by atoms with Gasteiger partial charge in [0, 0.05) is 13.1 Å². The van der Waals surface area contributed by atoms with Gasteiger partial charge < -0.3 is 20.1 Å². The number of aliphatic carboxylic acids is 1. The number of amides is 3. The van der Waals surface area contributed by atoms with Crippen LogP contribution in [0, 0.1) is 0 Å². The lowest BCUT2D eigenvalue weighted by Gasteiger charge is -2.19. The molecule has 116 valence electrons. The van der Waals surface area contributed by atoms with Gasteiger partial charge in [0.2, 0.25) is 0 Å². The third-order valence-corrected chi connectivity index (χ3v) is 2.41. The molecule has 3 N–H and O–H groups in total. The fourth-order valence-electron chi connectivity index (χ4n) is 1.51. The van der Waals surface area contributed by atoms with Crippen LogP contribution < -0.4 is 10.6 Å². The van der Waals surface area contributed by atoms with Crippen LogP contribution in [0.15, 0.2) is 0 Å². The molecule has 0 atom stereocenters. The summed E-state index contributed by atoms with van der Waals surface area (Å²) in [6.45, 7) is 6.09. The number of carbonyl (C=O) groups excluding carboxylic acids is 2. The first-order valence-corrected chi connectivity index (χ1v) is 6.59. The van der Waals surface area contributed by atoms with Crippen LogP contribution in [0.2, 0.25) is 0 Å². The Morgan fingerprint density at radius 1 is 1.15 bits per heavy atom. The maximum Gasteiger partial charge on any atom is 0.329 e. The third kappa shape index (κ3) is 10.3. The van der Waals surface area contributed by atoms with Crippen LogP contribution in [0.25, 0.3) is 0 Å². The molecule has 0 aromatic carbocycles. The molecular weight excluding hydrogens is 266 g/mol. The summed E-state index contributed by atoms with van der Waals surface area (Å²) < 4.78 is 4.55. The van der Waals surface area contributed by atoms with Crippen molar-refractivity contribution in [3.8, 4) is 0 Å². The van der Waals surface area contributed by atoms with Gasteiger partial charge in [0.1, 0.15) is 13.2 Å². The number of rotatable bonds is 10. The number of carbonyl (C=O) groups is 3. The van der Waals surface area contributed by atoms with Crippen molar-refractivity contribution in [2.75, 3.05) is 39.4 Å². The van der Waals surface area contributed by atoms with Crippen LogP contribution in [-0.2, 0) is 14.3 Å². The van der Waals surface area contributed by atoms with Crippen LogP contribution in [0.4, 0.5) is 4.79 Å². The Kier molecular flexibility index (Phi) is 10.2. The van der Waals surface area contributed by atoms with Crippen molar-refractivity contribution in [2.45, 2.75) is 20.3 Å². The third-order valence-electron chi connectivity index (χ3n) is 2.41. The molecule has 8 heteroatoms. The van der Waals surface area contributed by atoms with E-state index in [2.05, 4.69) is 27.2 Å². The van der Waals surface area contributed by atoms with E-state index < -0.39 is 31.1 Å². The lowest BCUT2D eigenvalue weighted by Crippen LogP contribution is -2.44. The minimum absolute atomic E-state index is 0.433. The van der Waals surface area contributed by atoms with E-state index in [4.69, 9.17) is 5.11 Å². The van der Waals surface area contributed by atoms with Crippen LogP contribution >= 0.6 is 0 Å². The van der Waals surface area contributed by atoms with Gasteiger partial charge in [0.05, 0.1) is 0 Å². The van der Waals surface area contributed by atoms with Crippen LogP contribution in [0.5, 0.6) is 0 Å². The first-order valence-electron chi connectivity index (χ1n) is 6.59. The Bertz CT molecular complexity index is 322. The Morgan fingerprint density at radius 3 is 2.40 bits per heavy atom. The monoisotopic (exact) mass is 289 g/mol. The van der Waals surface area contributed by atoms with Gasteiger partial charge in [-0.1, -0.05) is 13.8 Å². The molecule has 0 unspecified atom stereocenters. The molecule has 0 aliphatic carbocycles. The van der Waals surface area contributed by atoms with Crippen molar-refractivity contribution >= 4 is 17.9 Å². The summed E-state index contributed by atoms with van der Waals surface area (Å²) in [5.74, 6) is -1.84. The summed E-state index contributed by atoms with van der Waals surface area (Å²) in [6, 6.07) is -0.610. The van der Waals surface area contributed by atoms with Crippen molar-refractivity contribution in [2.24, 2.45) is 0 Å². The normalized spacial score (nSPS) is 10.3. The molecule has 0 aromatic heterocycles. The first-order chi connectivity index (χ1) is 9.49. The van der Waals surface area contributed by atoms with Gasteiger partial charge in [-0.2, -0.15) is 0 Å². The number of imide groups is 1. The highest BCUT2D eigenvalue weighted by Gasteiger charge is 2.08. The van der Waals surface area contributed by atoms with Gasteiger partial charge >= 0.3 is 12.0 Å². The van der Waals surface area contributed by atoms with E-state index in [-0.39, 0.29) is 0 Å². The molecule has 0 aliphatic heterocycles. The predicted octanol–water partition coefficient (Wildman–Crippen LogP) is -0.355. The number of nitrogens with zero attached hydrogens (tertiary/aromatic N) is 1. The molecule has 20 heavy (non-hydrogen) atoms. The van der Waals surface area contributed by atoms with Crippen molar-refractivity contribution in [1.29, 1.82) is 0 Å². The zero-order valence-electron chi connectivity index (χ0n) is 12.0. The Balaban J connectivity index is 3.71. The second kappa shape index (κ2) is 11.2. The molecular formula is C12H23N3O5. The summed E-state index contributed by atoms with van der Waals surface area (Å²) in [6.07, 6.45) is 1.04. The fourth-order valence-corrected chi connectivity index (χ4v) is 1.51. The molecule has 0 rings (SSSR count). The maximum absolute atomic E-state index is 11.3. The Hall–Kier alpha value is -1.67. The van der Waals surface area contributed by atoms with E-state index >= 15 is 0 Å². The van der Waals surface area contributed by atoms with Crippen molar-refractivity contribution in [1.82, 2.24) is 15.5 Å². The number of hydrogen-bond acceptors (Lipinski definition) is 5. The fraction of sp³-hybridized carbons (Fsp3) is 0.750. The zero-order chi connectivity index (χ0) is 15.4. The van der Waals surface area contributed by atoms with Gasteiger partial charge in [-0.3, -0.25) is 10.1 Å². The summed E-state index contributed by atoms with van der Waals surface area (Å²) in [5, 5.41) is 12.9. The highest BCUT2D eigenvalue weighted by atomic mass is 16.5. The van der Waals surface area contributed by atoms with Crippen molar-refractivity contribution in [3.05, 3.63) is 0 Å². The molecule has 0 heterocycles. The Morgan fingerprint density at radius 2 is 1.85 bits per heavy atom. The number of carboxylic acid groups (broad SMARTS) is 1. The van der Waals surface area contributed by atoms with E-state index in [1.54, 1.807) is 0 Å². The highest BCUT2D eigenvalue weighted by molar-refractivity contribution is 5.94. The average molecular weight is 289 g/mol. The summed E-state index contributed by atoms with van der Waals surface area (Å²) in [5.41, 5.74) is 0. The number of nitrogens with one attached hydrogen (secondary N) is 2. The molecule has 3 amide bonds. The van der Waals surface area contributed by atoms with Crippen LogP contribution in [-0.4, -0.2) is 67.3 Å². The molecule has 0 spiro atoms. The number of hydrogen-bond donors (Lipinski definition) is 3. The summed E-state index contributed by atoms with van der Waals surface area (Å²) >= 11 is 0. The molecule has 8 nitrogen and oxygen atoms in total. The lowest BCUT2D eigenvalue weighted by atomic mass is 10.4. The van der Waals surface area contributed by atoms with E-state index in [0.717, 1.165) is 19.5 Å². The number of likely N-dealkylation sites (N-methyl/N-ethyl adjacent to an activating group) is 1. The van der Waals surface area contributed by atoms with Crippen LogP contribution in [0.3, 0.4) is 0 Å². The van der Waals surface area contributed by atoms with E-state index in [0.29, 0.717) is 13.1 Å². The molecule has 0 bridgehead atoms. The summed E-state index contributed by atoms with van der Waals surface area (Å²) in [7, 11) is 0. The molecule has 0 radical (unpaired) electrons. The number of urea groups is 1. The number of carboxylic acids is 1. The lowest BCUT2D eigenvalue weighted by molar-refractivity contribution is -0.143. The SMILES string of the molecule is CCCN(CC)CCNC(=O)NC(=O)COCC(=O)O. The van der Waals surface area contributed by atoms with Crippen molar-refractivity contribution in [3.63, 3.8) is 0 Å². The van der Waals surface area contributed by atoms with Crippen molar-refractivity contribution < 1.29 is 24.2 Å². The van der Waals surface area contributed by atoms with Crippen LogP contribution in [0.1, 0.15) is 20.3 Å². The summed E-state index contributed by atoms with van der Waals surface area (Å²) in [4.78, 5) is 34.9. The van der Waals surface area contributed by atoms with Gasteiger partial charge in [-0.25, -0.2) is 9.59 Å². The maximum atomic E-state index is 11.3. The zero-order valence-corrected chi connectivity index (χ0v) is 12.0. The molecule has 0 aliphatic rings. The van der Waals surface area contributed by atoms with E-state index in [9.17, 15) is 14.4 Å². The Labute approximate surface area is 118 Å². The van der Waals surface area contributed by atoms with Gasteiger partial charge in [0.25, 0.3) is 5.91 Å². The largest absolute Gasteiger partial charge is 0.480 e. The second-order valence-corrected chi connectivity index (χ2v) is 4.12. The first kappa shape index (κ1) is 18.3. The highest BCUT2D eigenvalue weighted by Crippen LogP contribution is 1.88. The predicted molar refractivity (Wildman–Crippen MR) is 72.4 cm³/mol. The molecule has 0 saturated carbocycles. The minimum atomic E-state index is -1.17. The average Bonchev–Trinajstić information content (AvgIpc) is 2.37. The van der Waals surface area contributed by atoms with E-state index in [1.165, 1.54) is 0 Å². The smallest absolute Gasteiger partial charge is 0.329 e. The number of ether oxygens (including phenoxy) is 1. The van der Waals surface area contributed by atoms with Gasteiger partial charge in [-0.05, 0) is 19.5 Å². The van der Waals surface area contributed by atoms with E-state index in [1.807, 2.05) is 6.92 Å². The van der Waals surface area contributed by atoms with Gasteiger partial charge in [0.15, 0.2) is 0 Å². The topological polar surface area (TPSA) is 108 Å². The minimum Gasteiger partial charge on any atom is -0.480 e. The van der Waals surface area contributed by atoms with Gasteiger partial charge in [-0.15, -0.1) is 0 Å². The molecule has 0 saturated heterocycles. The second-order valence-electron chi connectivity index (χ2n) is 4.12. The molecule has 0 fully saturated rings. The standard InChI is InChI=1S/C12H23N3O5/c1-3-6-15(4-2)7-5-13-12(19)14-10(16)8-20-9-11(17)18/h3-9H2,1-2H3,(H,17,18)(H2,13,14,16,19). The molecule has 0 aromatic rings. The quantitative estimate of drug-likeness (QED) is 0.507.